The lowest BCUT2D eigenvalue weighted by Crippen LogP contribution is -2.38. The Kier molecular flexibility index (Phi) is 7.08. The van der Waals surface area contributed by atoms with E-state index in [-0.39, 0.29) is 34.9 Å². The number of rotatable bonds is 7. The monoisotopic (exact) mass is 465 g/mol. The molecule has 0 bridgehead atoms. The van der Waals surface area contributed by atoms with Crippen LogP contribution >= 0.6 is 0 Å². The maximum absolute atomic E-state index is 11.8. The number of carbonyl (C=O) groups excluding carboxylic acids is 1. The predicted octanol–water partition coefficient (Wildman–Crippen LogP) is 2.67. The van der Waals surface area contributed by atoms with Gasteiger partial charge in [0.05, 0.1) is 16.4 Å². The highest BCUT2D eigenvalue weighted by Gasteiger charge is 2.31. The standard InChI is InChI=1S/C19H23N5O7S/c1-3-30-19(25)31-14-8-10-23(11-9-14)18-16(24(26)27)17(20-12-21-18)22-13-4-6-15(7-5-13)32(2,28)29/h4-7,12,14H,3,8-11H2,1-2H3,(H,20,21,22). The quantitative estimate of drug-likeness (QED) is 0.364. The van der Waals surface area contributed by atoms with Gasteiger partial charge in [-0.25, -0.2) is 23.2 Å². The normalized spacial score (nSPS) is 14.6. The van der Waals surface area contributed by atoms with E-state index in [2.05, 4.69) is 15.3 Å². The van der Waals surface area contributed by atoms with Crippen LogP contribution in [-0.2, 0) is 19.3 Å². The molecular weight excluding hydrogens is 442 g/mol. The van der Waals surface area contributed by atoms with Gasteiger partial charge in [-0.1, -0.05) is 0 Å². The largest absolute Gasteiger partial charge is 0.508 e. The van der Waals surface area contributed by atoms with Crippen molar-refractivity contribution >= 4 is 39.0 Å². The van der Waals surface area contributed by atoms with Crippen molar-refractivity contribution in [1.82, 2.24) is 9.97 Å². The van der Waals surface area contributed by atoms with Gasteiger partial charge in [-0.2, -0.15) is 0 Å². The lowest BCUT2D eigenvalue weighted by atomic mass is 10.1. The van der Waals surface area contributed by atoms with Gasteiger partial charge in [0.2, 0.25) is 11.6 Å². The zero-order valence-electron chi connectivity index (χ0n) is 17.6. The van der Waals surface area contributed by atoms with Crippen LogP contribution in [-0.4, -0.2) is 61.5 Å². The lowest BCUT2D eigenvalue weighted by Gasteiger charge is -2.31. The van der Waals surface area contributed by atoms with E-state index in [1.165, 1.54) is 30.6 Å². The summed E-state index contributed by atoms with van der Waals surface area (Å²) in [6.45, 7) is 2.69. The van der Waals surface area contributed by atoms with Gasteiger partial charge in [0, 0.05) is 37.9 Å². The molecule has 2 heterocycles. The summed E-state index contributed by atoms with van der Waals surface area (Å²) in [7, 11) is -3.36. The van der Waals surface area contributed by atoms with Crippen molar-refractivity contribution < 1.29 is 27.6 Å². The van der Waals surface area contributed by atoms with E-state index in [0.29, 0.717) is 31.6 Å². The van der Waals surface area contributed by atoms with E-state index in [1.807, 2.05) is 0 Å². The number of aromatic nitrogens is 2. The van der Waals surface area contributed by atoms with Gasteiger partial charge in [-0.15, -0.1) is 0 Å². The van der Waals surface area contributed by atoms with Crippen molar-refractivity contribution in [3.8, 4) is 0 Å². The minimum atomic E-state index is -3.36. The molecule has 1 aromatic heterocycles. The zero-order valence-corrected chi connectivity index (χ0v) is 18.4. The Morgan fingerprint density at radius 2 is 1.91 bits per heavy atom. The van der Waals surface area contributed by atoms with Gasteiger partial charge in [0.1, 0.15) is 12.4 Å². The van der Waals surface area contributed by atoms with Gasteiger partial charge in [-0.3, -0.25) is 10.1 Å². The third-order valence-electron chi connectivity index (χ3n) is 4.80. The second kappa shape index (κ2) is 9.77. The fourth-order valence-corrected chi connectivity index (χ4v) is 3.89. The van der Waals surface area contributed by atoms with Crippen LogP contribution in [0.5, 0.6) is 0 Å². The molecule has 0 atom stereocenters. The molecule has 1 fully saturated rings. The summed E-state index contributed by atoms with van der Waals surface area (Å²) in [4.78, 5) is 32.7. The summed E-state index contributed by atoms with van der Waals surface area (Å²) in [5.41, 5.74) is 0.135. The van der Waals surface area contributed by atoms with Gasteiger partial charge in [0.25, 0.3) is 0 Å². The molecule has 13 heteroatoms. The zero-order chi connectivity index (χ0) is 23.3. The number of sulfone groups is 1. The molecule has 1 saturated heterocycles. The number of nitro groups is 1. The molecule has 172 valence electrons. The van der Waals surface area contributed by atoms with E-state index in [0.717, 1.165) is 6.26 Å². The summed E-state index contributed by atoms with van der Waals surface area (Å²) >= 11 is 0. The van der Waals surface area contributed by atoms with E-state index in [9.17, 15) is 23.3 Å². The number of nitrogens with one attached hydrogen (secondary N) is 1. The number of benzene rings is 1. The highest BCUT2D eigenvalue weighted by Crippen LogP contribution is 2.35. The fraction of sp³-hybridized carbons (Fsp3) is 0.421. The second-order valence-electron chi connectivity index (χ2n) is 7.06. The molecule has 0 spiro atoms. The summed E-state index contributed by atoms with van der Waals surface area (Å²) < 4.78 is 33.2. The Bertz CT molecular complexity index is 1080. The Labute approximate surface area is 184 Å². The number of anilines is 3. The molecule has 12 nitrogen and oxygen atoms in total. The topological polar surface area (TPSA) is 154 Å². The average molecular weight is 465 g/mol. The van der Waals surface area contributed by atoms with Gasteiger partial charge in [-0.05, 0) is 31.2 Å². The van der Waals surface area contributed by atoms with Crippen LogP contribution in [0.15, 0.2) is 35.5 Å². The first-order chi connectivity index (χ1) is 15.2. The number of hydrogen-bond acceptors (Lipinski definition) is 11. The van der Waals surface area contributed by atoms with Gasteiger partial charge >= 0.3 is 11.8 Å². The van der Waals surface area contributed by atoms with Crippen molar-refractivity contribution in [3.63, 3.8) is 0 Å². The first-order valence-electron chi connectivity index (χ1n) is 9.84. The molecule has 0 radical (unpaired) electrons. The van der Waals surface area contributed by atoms with Crippen LogP contribution in [0.3, 0.4) is 0 Å². The van der Waals surface area contributed by atoms with Crippen molar-refractivity contribution in [1.29, 1.82) is 0 Å². The van der Waals surface area contributed by atoms with Crippen molar-refractivity contribution in [3.05, 3.63) is 40.7 Å². The molecule has 1 aliphatic rings. The number of carbonyl (C=O) groups is 1. The Morgan fingerprint density at radius 3 is 2.47 bits per heavy atom. The molecule has 0 saturated carbocycles. The minimum Gasteiger partial charge on any atom is -0.435 e. The van der Waals surface area contributed by atoms with E-state index >= 15 is 0 Å². The fourth-order valence-electron chi connectivity index (χ4n) is 3.26. The third kappa shape index (κ3) is 5.60. The highest BCUT2D eigenvalue weighted by molar-refractivity contribution is 7.90. The molecular formula is C19H23N5O7S. The maximum atomic E-state index is 11.8. The van der Waals surface area contributed by atoms with E-state index in [4.69, 9.17) is 9.47 Å². The van der Waals surface area contributed by atoms with Gasteiger partial charge < -0.3 is 19.7 Å². The number of hydrogen-bond donors (Lipinski definition) is 1. The summed E-state index contributed by atoms with van der Waals surface area (Å²) in [5.74, 6) is 0.131. The molecule has 2 aromatic rings. The molecule has 0 unspecified atom stereocenters. The first kappa shape index (κ1) is 23.2. The number of ether oxygens (including phenoxy) is 2. The van der Waals surface area contributed by atoms with Crippen LogP contribution < -0.4 is 10.2 Å². The number of piperidine rings is 1. The second-order valence-corrected chi connectivity index (χ2v) is 9.08. The van der Waals surface area contributed by atoms with Crippen molar-refractivity contribution in [2.45, 2.75) is 30.8 Å². The SMILES string of the molecule is CCOC(=O)OC1CCN(c2ncnc(Nc3ccc(S(C)(=O)=O)cc3)c2[N+](=O)[O-])CC1. The molecule has 1 aliphatic heterocycles. The minimum absolute atomic E-state index is 0.0167. The van der Waals surface area contributed by atoms with Crippen LogP contribution in [0, 0.1) is 10.1 Å². The molecule has 1 aromatic carbocycles. The van der Waals surface area contributed by atoms with Crippen LogP contribution in [0.4, 0.5) is 27.8 Å². The molecule has 0 aliphatic carbocycles. The predicted molar refractivity (Wildman–Crippen MR) is 115 cm³/mol. The van der Waals surface area contributed by atoms with Crippen LogP contribution in [0.1, 0.15) is 19.8 Å². The van der Waals surface area contributed by atoms with Gasteiger partial charge in [0.15, 0.2) is 9.84 Å². The summed E-state index contributed by atoms with van der Waals surface area (Å²) in [6, 6.07) is 5.81. The highest BCUT2D eigenvalue weighted by atomic mass is 32.2. The summed E-state index contributed by atoms with van der Waals surface area (Å²) in [5, 5.41) is 14.7. The van der Waals surface area contributed by atoms with Crippen molar-refractivity contribution in [2.75, 3.05) is 36.2 Å². The number of nitrogens with zero attached hydrogens (tertiary/aromatic N) is 4. The first-order valence-corrected chi connectivity index (χ1v) is 11.7. The smallest absolute Gasteiger partial charge is 0.435 e. The summed E-state index contributed by atoms with van der Waals surface area (Å²) in [6.07, 6.45) is 2.18. The van der Waals surface area contributed by atoms with Crippen molar-refractivity contribution in [2.24, 2.45) is 0 Å². The van der Waals surface area contributed by atoms with E-state index in [1.54, 1.807) is 11.8 Å². The maximum Gasteiger partial charge on any atom is 0.508 e. The molecule has 32 heavy (non-hydrogen) atoms. The van der Waals surface area contributed by atoms with Crippen LogP contribution in [0.25, 0.3) is 0 Å². The van der Waals surface area contributed by atoms with Crippen LogP contribution in [0.2, 0.25) is 0 Å². The molecule has 0 amide bonds. The third-order valence-corrected chi connectivity index (χ3v) is 5.93. The molecule has 3 rings (SSSR count). The Hall–Kier alpha value is -3.48. The Balaban J connectivity index is 1.77. The van der Waals surface area contributed by atoms with E-state index < -0.39 is 20.9 Å². The Morgan fingerprint density at radius 1 is 1.25 bits per heavy atom. The molecule has 1 N–H and O–H groups in total. The lowest BCUT2D eigenvalue weighted by molar-refractivity contribution is -0.383. The average Bonchev–Trinajstić information content (AvgIpc) is 2.74.